The van der Waals surface area contributed by atoms with Crippen LogP contribution in [0.1, 0.15) is 93.4 Å². The lowest BCUT2D eigenvalue weighted by Gasteiger charge is -2.54. The average Bonchev–Trinajstić information content (AvgIpc) is 2.40. The van der Waals surface area contributed by atoms with Gasteiger partial charge in [-0.15, -0.1) is 0 Å². The Morgan fingerprint density at radius 3 is 1.12 bits per heavy atom. The molecule has 0 spiro atoms. The standard InChI is InChI=1S/C17H36/c1-8-15(9-2)17(13-6,14-7)16(10-3,11-4)12-5/h15H,8-14H2,1-7H3. The number of rotatable bonds is 9. The van der Waals surface area contributed by atoms with Gasteiger partial charge in [-0.3, -0.25) is 0 Å². The molecule has 0 aliphatic heterocycles. The molecule has 0 rings (SSSR count). The van der Waals surface area contributed by atoms with E-state index in [1.807, 2.05) is 0 Å². The van der Waals surface area contributed by atoms with Crippen molar-refractivity contribution in [2.75, 3.05) is 0 Å². The maximum atomic E-state index is 2.43. The third-order valence-electron chi connectivity index (χ3n) is 6.12. The van der Waals surface area contributed by atoms with E-state index in [0.29, 0.717) is 10.8 Å². The van der Waals surface area contributed by atoms with Crippen LogP contribution in [0.2, 0.25) is 0 Å². The minimum atomic E-state index is 0.563. The second kappa shape index (κ2) is 7.44. The Hall–Kier alpha value is 0. The maximum Gasteiger partial charge on any atom is -0.0218 e. The van der Waals surface area contributed by atoms with E-state index in [-0.39, 0.29) is 0 Å². The molecule has 0 N–H and O–H groups in total. The molecule has 0 aliphatic carbocycles. The van der Waals surface area contributed by atoms with Gasteiger partial charge in [-0.2, -0.15) is 0 Å². The Labute approximate surface area is 111 Å². The second-order valence-electron chi connectivity index (χ2n) is 5.72. The van der Waals surface area contributed by atoms with E-state index in [1.165, 1.54) is 44.9 Å². The minimum Gasteiger partial charge on any atom is -0.0651 e. The summed E-state index contributed by atoms with van der Waals surface area (Å²) in [6, 6.07) is 0. The van der Waals surface area contributed by atoms with Crippen LogP contribution in [-0.2, 0) is 0 Å². The third-order valence-corrected chi connectivity index (χ3v) is 6.12. The molecule has 0 radical (unpaired) electrons. The van der Waals surface area contributed by atoms with Crippen LogP contribution in [0.3, 0.4) is 0 Å². The molecule has 0 nitrogen and oxygen atoms in total. The van der Waals surface area contributed by atoms with Crippen LogP contribution in [0.4, 0.5) is 0 Å². The Bertz CT molecular complexity index is 172. The molecule has 0 aliphatic rings. The second-order valence-corrected chi connectivity index (χ2v) is 5.72. The molecule has 0 bridgehead atoms. The Morgan fingerprint density at radius 1 is 0.588 bits per heavy atom. The highest BCUT2D eigenvalue weighted by atomic mass is 14.5. The molecule has 0 heteroatoms. The van der Waals surface area contributed by atoms with Crippen molar-refractivity contribution in [3.8, 4) is 0 Å². The normalized spacial score (nSPS) is 13.4. The van der Waals surface area contributed by atoms with Crippen molar-refractivity contribution in [2.24, 2.45) is 16.7 Å². The van der Waals surface area contributed by atoms with Gasteiger partial charge in [-0.05, 0) is 48.9 Å². The molecule has 0 heterocycles. The molecular weight excluding hydrogens is 204 g/mol. The van der Waals surface area contributed by atoms with Crippen molar-refractivity contribution in [2.45, 2.75) is 93.4 Å². The van der Waals surface area contributed by atoms with Gasteiger partial charge in [-0.25, -0.2) is 0 Å². The Balaban J connectivity index is 5.56. The summed E-state index contributed by atoms with van der Waals surface area (Å²) >= 11 is 0. The van der Waals surface area contributed by atoms with Crippen LogP contribution in [0.15, 0.2) is 0 Å². The van der Waals surface area contributed by atoms with Crippen LogP contribution in [-0.4, -0.2) is 0 Å². The predicted octanol–water partition coefficient (Wildman–Crippen LogP) is 6.45. The fraction of sp³-hybridized carbons (Fsp3) is 1.00. The molecule has 0 saturated carbocycles. The Kier molecular flexibility index (Phi) is 7.44. The molecule has 0 aromatic heterocycles. The molecule has 0 aromatic rings. The molecule has 0 aromatic carbocycles. The molecule has 0 amide bonds. The van der Waals surface area contributed by atoms with E-state index in [9.17, 15) is 0 Å². The lowest BCUT2D eigenvalue weighted by Crippen LogP contribution is -2.45. The molecule has 104 valence electrons. The highest BCUT2D eigenvalue weighted by Crippen LogP contribution is 2.57. The van der Waals surface area contributed by atoms with Crippen molar-refractivity contribution < 1.29 is 0 Å². The summed E-state index contributed by atoms with van der Waals surface area (Å²) in [5, 5.41) is 0. The monoisotopic (exact) mass is 240 g/mol. The summed E-state index contributed by atoms with van der Waals surface area (Å²) in [6.45, 7) is 16.9. The summed E-state index contributed by atoms with van der Waals surface area (Å²) in [6.07, 6.45) is 9.44. The van der Waals surface area contributed by atoms with E-state index in [1.54, 1.807) is 0 Å². The molecule has 0 unspecified atom stereocenters. The summed E-state index contributed by atoms with van der Waals surface area (Å²) < 4.78 is 0. The van der Waals surface area contributed by atoms with Gasteiger partial charge in [-0.1, -0.05) is 61.3 Å². The molecular formula is C17H36. The highest BCUT2D eigenvalue weighted by molar-refractivity contribution is 4.98. The van der Waals surface area contributed by atoms with Gasteiger partial charge in [0.25, 0.3) is 0 Å². The van der Waals surface area contributed by atoms with Gasteiger partial charge in [0, 0.05) is 0 Å². The molecule has 17 heavy (non-hydrogen) atoms. The fourth-order valence-electron chi connectivity index (χ4n) is 4.89. The molecule has 0 fully saturated rings. The summed E-state index contributed by atoms with van der Waals surface area (Å²) in [5.41, 5.74) is 1.13. The van der Waals surface area contributed by atoms with Crippen LogP contribution >= 0.6 is 0 Å². The van der Waals surface area contributed by atoms with Gasteiger partial charge < -0.3 is 0 Å². The zero-order valence-electron chi connectivity index (χ0n) is 13.5. The fourth-order valence-corrected chi connectivity index (χ4v) is 4.89. The minimum absolute atomic E-state index is 0.563. The van der Waals surface area contributed by atoms with Gasteiger partial charge in [0.15, 0.2) is 0 Å². The van der Waals surface area contributed by atoms with E-state index in [2.05, 4.69) is 48.5 Å². The first-order valence-electron chi connectivity index (χ1n) is 8.07. The largest absolute Gasteiger partial charge is 0.0651 e. The number of hydrogen-bond donors (Lipinski definition) is 0. The SMILES string of the molecule is CCC(CC)C(CC)(CC)C(CC)(CC)CC. The van der Waals surface area contributed by atoms with E-state index in [4.69, 9.17) is 0 Å². The van der Waals surface area contributed by atoms with Crippen LogP contribution < -0.4 is 0 Å². The van der Waals surface area contributed by atoms with Crippen molar-refractivity contribution >= 4 is 0 Å². The quantitative estimate of drug-likeness (QED) is 0.434. The lowest BCUT2D eigenvalue weighted by molar-refractivity contribution is -0.0478. The smallest absolute Gasteiger partial charge is 0.0218 e. The van der Waals surface area contributed by atoms with E-state index >= 15 is 0 Å². The zero-order valence-corrected chi connectivity index (χ0v) is 13.5. The van der Waals surface area contributed by atoms with Gasteiger partial charge in [0.05, 0.1) is 0 Å². The summed E-state index contributed by atoms with van der Waals surface area (Å²) in [5.74, 6) is 0.900. The van der Waals surface area contributed by atoms with Gasteiger partial charge in [0.1, 0.15) is 0 Å². The number of hydrogen-bond acceptors (Lipinski definition) is 0. The van der Waals surface area contributed by atoms with Gasteiger partial charge >= 0.3 is 0 Å². The maximum absolute atomic E-state index is 2.43. The van der Waals surface area contributed by atoms with Crippen molar-refractivity contribution in [1.29, 1.82) is 0 Å². The van der Waals surface area contributed by atoms with Crippen molar-refractivity contribution in [1.82, 2.24) is 0 Å². The Morgan fingerprint density at radius 2 is 0.941 bits per heavy atom. The summed E-state index contributed by atoms with van der Waals surface area (Å²) in [4.78, 5) is 0. The first-order chi connectivity index (χ1) is 8.07. The van der Waals surface area contributed by atoms with E-state index < -0.39 is 0 Å². The van der Waals surface area contributed by atoms with Crippen molar-refractivity contribution in [3.05, 3.63) is 0 Å². The first kappa shape index (κ1) is 17.0. The van der Waals surface area contributed by atoms with Crippen LogP contribution in [0.25, 0.3) is 0 Å². The van der Waals surface area contributed by atoms with Crippen LogP contribution in [0.5, 0.6) is 0 Å². The molecule has 0 saturated heterocycles. The molecule has 0 atom stereocenters. The third kappa shape index (κ3) is 2.71. The summed E-state index contributed by atoms with van der Waals surface area (Å²) in [7, 11) is 0. The van der Waals surface area contributed by atoms with Gasteiger partial charge in [0.2, 0.25) is 0 Å². The van der Waals surface area contributed by atoms with Crippen molar-refractivity contribution in [3.63, 3.8) is 0 Å². The zero-order chi connectivity index (χ0) is 13.5. The average molecular weight is 240 g/mol. The van der Waals surface area contributed by atoms with Crippen LogP contribution in [0, 0.1) is 16.7 Å². The lowest BCUT2D eigenvalue weighted by atomic mass is 9.50. The predicted molar refractivity (Wildman–Crippen MR) is 80.4 cm³/mol. The van der Waals surface area contributed by atoms with E-state index in [0.717, 1.165) is 5.92 Å². The topological polar surface area (TPSA) is 0 Å². The highest BCUT2D eigenvalue weighted by Gasteiger charge is 2.48. The first-order valence-corrected chi connectivity index (χ1v) is 8.07.